The van der Waals surface area contributed by atoms with Crippen LogP contribution in [0.3, 0.4) is 0 Å². The third-order valence-corrected chi connectivity index (χ3v) is 7.96. The molecule has 7 heteroatoms. The summed E-state index contributed by atoms with van der Waals surface area (Å²) in [6.45, 7) is 1.39. The second kappa shape index (κ2) is 7.02. The van der Waals surface area contributed by atoms with Gasteiger partial charge in [-0.15, -0.1) is 22.7 Å². The van der Waals surface area contributed by atoms with Crippen LogP contribution in [0.15, 0.2) is 48.0 Å². The number of hydrogen-bond acceptors (Lipinski definition) is 4. The molecule has 0 amide bonds. The van der Waals surface area contributed by atoms with Crippen LogP contribution < -0.4 is 5.30 Å². The van der Waals surface area contributed by atoms with Gasteiger partial charge in [0.05, 0.1) is 11.1 Å². The molecule has 1 unspecified atom stereocenters. The van der Waals surface area contributed by atoms with Gasteiger partial charge < -0.3 is 0 Å². The molecule has 4 aromatic rings. The van der Waals surface area contributed by atoms with Crippen molar-refractivity contribution in [3.8, 4) is 10.4 Å². The summed E-state index contributed by atoms with van der Waals surface area (Å²) in [4.78, 5) is 27.5. The predicted molar refractivity (Wildman–Crippen MR) is 122 cm³/mol. The van der Waals surface area contributed by atoms with Crippen molar-refractivity contribution in [2.24, 2.45) is 0 Å². The number of Topliss-reactive ketones (excluding diaryl/α,β-unsaturated/α-hetero) is 2. The van der Waals surface area contributed by atoms with E-state index in [-0.39, 0.29) is 27.6 Å². The van der Waals surface area contributed by atoms with E-state index < -0.39 is 23.2 Å². The molecule has 148 valence electrons. The van der Waals surface area contributed by atoms with E-state index in [2.05, 4.69) is 6.07 Å². The van der Waals surface area contributed by atoms with Crippen LogP contribution in [0, 0.1) is 18.6 Å². The molecule has 5 rings (SSSR count). The number of thiophene rings is 2. The number of halogens is 2. The highest BCUT2D eigenvalue weighted by molar-refractivity contribution is 7.30. The van der Waals surface area contributed by atoms with Crippen molar-refractivity contribution in [1.29, 1.82) is 0 Å². The summed E-state index contributed by atoms with van der Waals surface area (Å²) in [5, 5.41) is -0.321. The van der Waals surface area contributed by atoms with Crippen molar-refractivity contribution in [3.05, 3.63) is 81.2 Å². The SMILES string of the molecule is Cc1c(F)c(P)c(F)c2c1C(=O)/C(=C/c1cc3sc(-c4ccccc4)cc3s1)C2=O. The van der Waals surface area contributed by atoms with E-state index in [1.807, 2.05) is 45.6 Å². The lowest BCUT2D eigenvalue weighted by Crippen LogP contribution is -2.14. The third kappa shape index (κ3) is 2.83. The average molecular weight is 454 g/mol. The van der Waals surface area contributed by atoms with Crippen LogP contribution >= 0.6 is 31.9 Å². The van der Waals surface area contributed by atoms with Gasteiger partial charge in [-0.2, -0.15) is 0 Å². The molecule has 1 atom stereocenters. The molecule has 0 fully saturated rings. The molecule has 0 aliphatic heterocycles. The van der Waals surface area contributed by atoms with Crippen LogP contribution in [0.2, 0.25) is 0 Å². The Morgan fingerprint density at radius 2 is 1.57 bits per heavy atom. The molecule has 2 aromatic carbocycles. The molecular weight excluding hydrogens is 441 g/mol. The Balaban J connectivity index is 1.57. The number of benzene rings is 2. The monoisotopic (exact) mass is 454 g/mol. The molecule has 1 aliphatic rings. The zero-order chi connectivity index (χ0) is 21.2. The van der Waals surface area contributed by atoms with Gasteiger partial charge in [0, 0.05) is 30.0 Å². The Morgan fingerprint density at radius 1 is 0.900 bits per heavy atom. The van der Waals surface area contributed by atoms with Crippen LogP contribution in [0.1, 0.15) is 31.2 Å². The number of hydrogen-bond donors (Lipinski definition) is 0. The lowest BCUT2D eigenvalue weighted by atomic mass is 10.0. The molecule has 0 N–H and O–H groups in total. The number of carbonyl (C=O) groups excluding carboxylic acids is 2. The van der Waals surface area contributed by atoms with Crippen molar-refractivity contribution in [3.63, 3.8) is 0 Å². The lowest BCUT2D eigenvalue weighted by molar-refractivity contribution is 0.0989. The van der Waals surface area contributed by atoms with Gasteiger partial charge in [0.2, 0.25) is 5.78 Å². The molecule has 2 aromatic heterocycles. The van der Waals surface area contributed by atoms with Crippen LogP contribution in [-0.4, -0.2) is 11.6 Å². The van der Waals surface area contributed by atoms with Gasteiger partial charge >= 0.3 is 0 Å². The van der Waals surface area contributed by atoms with Crippen molar-refractivity contribution in [2.75, 3.05) is 0 Å². The highest BCUT2D eigenvalue weighted by Crippen LogP contribution is 2.40. The molecule has 0 saturated heterocycles. The second-order valence-corrected chi connectivity index (χ2v) is 9.76. The summed E-state index contributed by atoms with van der Waals surface area (Å²) in [5.41, 5.74) is 0.498. The first-order valence-electron chi connectivity index (χ1n) is 9.03. The predicted octanol–water partition coefficient (Wildman–Crippen LogP) is 6.18. The minimum Gasteiger partial charge on any atom is -0.288 e. The third-order valence-electron chi connectivity index (χ3n) is 5.16. The van der Waals surface area contributed by atoms with E-state index in [9.17, 15) is 18.4 Å². The molecular formula is C23H13F2O2PS2. The maximum Gasteiger partial charge on any atom is 0.200 e. The quantitative estimate of drug-likeness (QED) is 0.206. The van der Waals surface area contributed by atoms with Crippen LogP contribution in [0.25, 0.3) is 25.9 Å². The van der Waals surface area contributed by atoms with Gasteiger partial charge in [-0.05, 0) is 36.3 Å². The Labute approximate surface area is 181 Å². The highest BCUT2D eigenvalue weighted by atomic mass is 32.1. The summed E-state index contributed by atoms with van der Waals surface area (Å²) < 4.78 is 30.9. The fourth-order valence-corrected chi connectivity index (χ4v) is 6.37. The first-order valence-corrected chi connectivity index (χ1v) is 11.2. The van der Waals surface area contributed by atoms with Gasteiger partial charge in [0.1, 0.15) is 11.6 Å². The highest BCUT2D eigenvalue weighted by Gasteiger charge is 2.39. The smallest absolute Gasteiger partial charge is 0.200 e. The van der Waals surface area contributed by atoms with E-state index >= 15 is 0 Å². The minimum absolute atomic E-state index is 0.00202. The lowest BCUT2D eigenvalue weighted by Gasteiger charge is -2.07. The largest absolute Gasteiger partial charge is 0.288 e. The molecule has 0 bridgehead atoms. The molecule has 0 radical (unpaired) electrons. The molecule has 0 spiro atoms. The fourth-order valence-electron chi connectivity index (χ4n) is 3.65. The molecule has 1 aliphatic carbocycles. The molecule has 2 nitrogen and oxygen atoms in total. The van der Waals surface area contributed by atoms with E-state index in [0.717, 1.165) is 24.7 Å². The zero-order valence-corrected chi connectivity index (χ0v) is 18.4. The Hall–Kier alpha value is -2.53. The minimum atomic E-state index is -0.987. The molecule has 0 saturated carbocycles. The zero-order valence-electron chi connectivity index (χ0n) is 15.6. The standard InChI is InChI=1S/C23H13F2O2PS2/c1-10-17-18(20(25)23(28)19(10)24)22(27)13(21(17)26)7-12-8-15-16(29-12)9-14(30-15)11-5-3-2-4-6-11/h2-9H,28H2,1H3/b13-7-. The average Bonchev–Trinajstić information content (AvgIpc) is 3.38. The number of rotatable bonds is 2. The van der Waals surface area contributed by atoms with E-state index in [1.165, 1.54) is 24.3 Å². The van der Waals surface area contributed by atoms with Crippen LogP contribution in [0.4, 0.5) is 8.78 Å². The maximum absolute atomic E-state index is 14.5. The first-order chi connectivity index (χ1) is 14.4. The Kier molecular flexibility index (Phi) is 4.55. The van der Waals surface area contributed by atoms with E-state index in [1.54, 1.807) is 11.3 Å². The summed E-state index contributed by atoms with van der Waals surface area (Å²) in [5.74, 6) is -3.12. The molecule has 30 heavy (non-hydrogen) atoms. The van der Waals surface area contributed by atoms with Gasteiger partial charge in [0.25, 0.3) is 0 Å². The first kappa shape index (κ1) is 19.4. The van der Waals surface area contributed by atoms with Crippen molar-refractivity contribution >= 4 is 64.3 Å². The van der Waals surface area contributed by atoms with E-state index in [4.69, 9.17) is 0 Å². The van der Waals surface area contributed by atoms with Gasteiger partial charge in [-0.1, -0.05) is 39.6 Å². The summed E-state index contributed by atoms with van der Waals surface area (Å²) in [6.07, 6.45) is 1.49. The summed E-state index contributed by atoms with van der Waals surface area (Å²) in [6, 6.07) is 14.0. The van der Waals surface area contributed by atoms with Gasteiger partial charge in [-0.25, -0.2) is 8.78 Å². The normalized spacial score (nSPS) is 14.9. The summed E-state index contributed by atoms with van der Waals surface area (Å²) >= 11 is 3.08. The number of allylic oxidation sites excluding steroid dienone is 1. The Bertz CT molecular complexity index is 1330. The summed E-state index contributed by atoms with van der Waals surface area (Å²) in [7, 11) is 1.97. The van der Waals surface area contributed by atoms with Crippen LogP contribution in [-0.2, 0) is 0 Å². The topological polar surface area (TPSA) is 34.1 Å². The number of carbonyl (C=O) groups is 2. The fraction of sp³-hybridized carbons (Fsp3) is 0.0435. The van der Waals surface area contributed by atoms with Gasteiger partial charge in [-0.3, -0.25) is 9.59 Å². The second-order valence-electron chi connectivity index (χ2n) is 6.99. The van der Waals surface area contributed by atoms with Crippen LogP contribution in [0.5, 0.6) is 0 Å². The maximum atomic E-state index is 14.5. The van der Waals surface area contributed by atoms with Gasteiger partial charge in [0.15, 0.2) is 5.78 Å². The number of ketones is 2. The van der Waals surface area contributed by atoms with Crippen molar-refractivity contribution < 1.29 is 18.4 Å². The van der Waals surface area contributed by atoms with E-state index in [0.29, 0.717) is 0 Å². The van der Waals surface area contributed by atoms with Crippen molar-refractivity contribution in [2.45, 2.75) is 6.92 Å². The number of fused-ring (bicyclic) bond motifs is 2. The van der Waals surface area contributed by atoms with Crippen molar-refractivity contribution in [1.82, 2.24) is 0 Å². The Morgan fingerprint density at radius 3 is 2.27 bits per heavy atom. The molecule has 2 heterocycles.